The fraction of sp³-hybridized carbons (Fsp3) is 0.733. The maximum absolute atomic E-state index is 12.6. The topological polar surface area (TPSA) is 47.4 Å². The van der Waals surface area contributed by atoms with Gasteiger partial charge in [0.15, 0.2) is 0 Å². The standard InChI is InChI=1S/C15H24ClN3O2/c1-14(2,3)21-12(20)15(4)7-6-8-19(15)10-11-9-17-13(16)18(11)5/h9H,6-8,10H2,1-5H3/t15-/m1/s1. The molecule has 1 fully saturated rings. The number of aromatic nitrogens is 2. The van der Waals surface area contributed by atoms with Crippen LogP contribution in [0.3, 0.4) is 0 Å². The Balaban J connectivity index is 2.15. The molecule has 118 valence electrons. The minimum atomic E-state index is -0.579. The molecule has 0 radical (unpaired) electrons. The van der Waals surface area contributed by atoms with Crippen molar-refractivity contribution in [3.05, 3.63) is 17.2 Å². The molecule has 1 aromatic rings. The van der Waals surface area contributed by atoms with Gasteiger partial charge in [0.2, 0.25) is 5.28 Å². The number of imidazole rings is 1. The summed E-state index contributed by atoms with van der Waals surface area (Å²) in [7, 11) is 1.88. The van der Waals surface area contributed by atoms with Gasteiger partial charge in [-0.15, -0.1) is 0 Å². The Kier molecular flexibility index (Phi) is 4.36. The molecule has 1 aromatic heterocycles. The summed E-state index contributed by atoms with van der Waals surface area (Å²) < 4.78 is 7.44. The molecular formula is C15H24ClN3O2. The highest BCUT2D eigenvalue weighted by atomic mass is 35.5. The quantitative estimate of drug-likeness (QED) is 0.805. The third-order valence-electron chi connectivity index (χ3n) is 4.01. The van der Waals surface area contributed by atoms with E-state index in [0.29, 0.717) is 11.8 Å². The van der Waals surface area contributed by atoms with E-state index in [1.165, 1.54) is 0 Å². The Hall–Kier alpha value is -1.07. The van der Waals surface area contributed by atoms with Crippen LogP contribution in [0.5, 0.6) is 0 Å². The van der Waals surface area contributed by atoms with Crippen LogP contribution in [-0.4, -0.2) is 38.1 Å². The van der Waals surface area contributed by atoms with Crippen molar-refractivity contribution in [3.8, 4) is 0 Å². The Morgan fingerprint density at radius 1 is 1.52 bits per heavy atom. The van der Waals surface area contributed by atoms with Crippen LogP contribution in [-0.2, 0) is 23.1 Å². The number of esters is 1. The van der Waals surface area contributed by atoms with E-state index in [0.717, 1.165) is 25.1 Å². The summed E-state index contributed by atoms with van der Waals surface area (Å²) in [5, 5.41) is 0.461. The Bertz CT molecular complexity index is 536. The number of hydrogen-bond donors (Lipinski definition) is 0. The van der Waals surface area contributed by atoms with E-state index >= 15 is 0 Å². The third kappa shape index (κ3) is 3.40. The first kappa shape index (κ1) is 16.3. The molecule has 0 saturated carbocycles. The molecule has 6 heteroatoms. The number of halogens is 1. The van der Waals surface area contributed by atoms with Gasteiger partial charge in [0, 0.05) is 13.6 Å². The van der Waals surface area contributed by atoms with Crippen molar-refractivity contribution >= 4 is 17.6 Å². The molecule has 0 spiro atoms. The van der Waals surface area contributed by atoms with Crippen LogP contribution in [0.4, 0.5) is 0 Å². The Morgan fingerprint density at radius 2 is 2.19 bits per heavy atom. The van der Waals surface area contributed by atoms with Crippen LogP contribution in [0.15, 0.2) is 6.20 Å². The van der Waals surface area contributed by atoms with Crippen molar-refractivity contribution in [2.75, 3.05) is 6.54 Å². The maximum Gasteiger partial charge on any atom is 0.326 e. The molecule has 0 aromatic carbocycles. The normalized spacial score (nSPS) is 23.5. The van der Waals surface area contributed by atoms with E-state index in [4.69, 9.17) is 16.3 Å². The average molecular weight is 314 g/mol. The largest absolute Gasteiger partial charge is 0.459 e. The predicted molar refractivity (Wildman–Crippen MR) is 82.1 cm³/mol. The molecule has 5 nitrogen and oxygen atoms in total. The zero-order chi connectivity index (χ0) is 15.8. The van der Waals surface area contributed by atoms with Gasteiger partial charge >= 0.3 is 5.97 Å². The summed E-state index contributed by atoms with van der Waals surface area (Å²) in [6.07, 6.45) is 3.56. The lowest BCUT2D eigenvalue weighted by Gasteiger charge is -2.35. The molecule has 1 aliphatic rings. The van der Waals surface area contributed by atoms with Crippen molar-refractivity contribution in [2.45, 2.75) is 58.2 Å². The fourth-order valence-corrected chi connectivity index (χ4v) is 2.81. The van der Waals surface area contributed by atoms with Crippen molar-refractivity contribution in [3.63, 3.8) is 0 Å². The van der Waals surface area contributed by atoms with Crippen LogP contribution in [0.1, 0.15) is 46.2 Å². The Morgan fingerprint density at radius 3 is 2.71 bits per heavy atom. The summed E-state index contributed by atoms with van der Waals surface area (Å²) in [5.41, 5.74) is -0.0505. The van der Waals surface area contributed by atoms with Gasteiger partial charge in [0.1, 0.15) is 11.1 Å². The number of carbonyl (C=O) groups excluding carboxylic acids is 1. The van der Waals surface area contributed by atoms with Gasteiger partial charge in [-0.3, -0.25) is 9.69 Å². The molecule has 1 atom stereocenters. The summed E-state index contributed by atoms with van der Waals surface area (Å²) in [6, 6.07) is 0. The van der Waals surface area contributed by atoms with E-state index in [9.17, 15) is 4.79 Å². The number of nitrogens with zero attached hydrogens (tertiary/aromatic N) is 3. The number of likely N-dealkylation sites (tertiary alicyclic amines) is 1. The van der Waals surface area contributed by atoms with Gasteiger partial charge in [0.05, 0.1) is 11.9 Å². The summed E-state index contributed by atoms with van der Waals surface area (Å²) in [6.45, 7) is 9.17. The van der Waals surface area contributed by atoms with E-state index in [1.54, 1.807) is 6.20 Å². The van der Waals surface area contributed by atoms with Crippen LogP contribution < -0.4 is 0 Å². The lowest BCUT2D eigenvalue weighted by atomic mass is 9.98. The monoisotopic (exact) mass is 313 g/mol. The van der Waals surface area contributed by atoms with E-state index in [2.05, 4.69) is 9.88 Å². The van der Waals surface area contributed by atoms with Crippen LogP contribution in [0.25, 0.3) is 0 Å². The molecular weight excluding hydrogens is 290 g/mol. The molecule has 0 N–H and O–H groups in total. The molecule has 1 saturated heterocycles. The van der Waals surface area contributed by atoms with Gasteiger partial charge in [0.25, 0.3) is 0 Å². The number of hydrogen-bond acceptors (Lipinski definition) is 4. The minimum Gasteiger partial charge on any atom is -0.459 e. The van der Waals surface area contributed by atoms with Crippen molar-refractivity contribution in [1.29, 1.82) is 0 Å². The van der Waals surface area contributed by atoms with Gasteiger partial charge in [-0.1, -0.05) is 0 Å². The number of rotatable bonds is 3. The highest BCUT2D eigenvalue weighted by Crippen LogP contribution is 2.33. The zero-order valence-electron chi connectivity index (χ0n) is 13.4. The molecule has 1 aliphatic heterocycles. The van der Waals surface area contributed by atoms with Crippen LogP contribution >= 0.6 is 11.6 Å². The molecule has 2 heterocycles. The van der Waals surface area contributed by atoms with Crippen molar-refractivity contribution in [1.82, 2.24) is 14.5 Å². The predicted octanol–water partition coefficient (Wildman–Crippen LogP) is 2.77. The van der Waals surface area contributed by atoms with Gasteiger partial charge in [-0.05, 0) is 58.7 Å². The van der Waals surface area contributed by atoms with E-state index in [1.807, 2.05) is 39.3 Å². The highest BCUT2D eigenvalue weighted by Gasteiger charge is 2.45. The minimum absolute atomic E-state index is 0.152. The molecule has 21 heavy (non-hydrogen) atoms. The zero-order valence-corrected chi connectivity index (χ0v) is 14.2. The van der Waals surface area contributed by atoms with Crippen molar-refractivity contribution < 1.29 is 9.53 Å². The van der Waals surface area contributed by atoms with E-state index in [-0.39, 0.29) is 5.97 Å². The first-order valence-corrected chi connectivity index (χ1v) is 7.66. The fourth-order valence-electron chi connectivity index (χ4n) is 2.65. The Labute approximate surface area is 131 Å². The number of ether oxygens (including phenoxy) is 1. The lowest BCUT2D eigenvalue weighted by Crippen LogP contribution is -2.50. The molecule has 2 rings (SSSR count). The molecule has 0 aliphatic carbocycles. The smallest absolute Gasteiger partial charge is 0.326 e. The second-order valence-electron chi connectivity index (χ2n) is 6.88. The molecule has 0 unspecified atom stereocenters. The highest BCUT2D eigenvalue weighted by molar-refractivity contribution is 6.28. The molecule has 0 bridgehead atoms. The number of carbonyl (C=O) groups is 1. The summed E-state index contributed by atoms with van der Waals surface area (Å²) >= 11 is 5.98. The van der Waals surface area contributed by atoms with Crippen molar-refractivity contribution in [2.24, 2.45) is 7.05 Å². The average Bonchev–Trinajstić information content (AvgIpc) is 2.87. The summed E-state index contributed by atoms with van der Waals surface area (Å²) in [5.74, 6) is -0.152. The summed E-state index contributed by atoms with van der Waals surface area (Å²) in [4.78, 5) is 18.8. The second-order valence-corrected chi connectivity index (χ2v) is 7.22. The first-order chi connectivity index (χ1) is 9.63. The van der Waals surface area contributed by atoms with Gasteiger partial charge < -0.3 is 9.30 Å². The second kappa shape index (κ2) is 5.61. The lowest BCUT2D eigenvalue weighted by molar-refractivity contribution is -0.167. The SMILES string of the molecule is Cn1c(CN2CCC[C@]2(C)C(=O)OC(C)(C)C)cnc1Cl. The van der Waals surface area contributed by atoms with Crippen LogP contribution in [0, 0.1) is 0 Å². The first-order valence-electron chi connectivity index (χ1n) is 7.28. The van der Waals surface area contributed by atoms with E-state index < -0.39 is 11.1 Å². The maximum atomic E-state index is 12.6. The van der Waals surface area contributed by atoms with Gasteiger partial charge in [-0.2, -0.15) is 0 Å². The molecule has 0 amide bonds. The van der Waals surface area contributed by atoms with Crippen LogP contribution in [0.2, 0.25) is 5.28 Å². The third-order valence-corrected chi connectivity index (χ3v) is 4.36. The van der Waals surface area contributed by atoms with Gasteiger partial charge in [-0.25, -0.2) is 4.98 Å².